The van der Waals surface area contributed by atoms with Crippen molar-refractivity contribution in [3.05, 3.63) is 65.5 Å². The van der Waals surface area contributed by atoms with Crippen molar-refractivity contribution in [3.63, 3.8) is 0 Å². The Bertz CT molecular complexity index is 603. The Hall–Kier alpha value is -2.42. The molecule has 96 valence electrons. The van der Waals surface area contributed by atoms with Gasteiger partial charge in [-0.3, -0.25) is 9.78 Å². The highest BCUT2D eigenvalue weighted by molar-refractivity contribution is 6.05. The maximum atomic E-state index is 11.9. The lowest BCUT2D eigenvalue weighted by molar-refractivity contribution is 0.104. The molecule has 19 heavy (non-hydrogen) atoms. The van der Waals surface area contributed by atoms with Crippen LogP contribution < -0.4 is 4.74 Å². The summed E-state index contributed by atoms with van der Waals surface area (Å²) in [6.45, 7) is 2.00. The molecule has 0 fully saturated rings. The number of rotatable bonds is 4. The molecule has 1 aromatic carbocycles. The van der Waals surface area contributed by atoms with Crippen LogP contribution in [0.5, 0.6) is 5.75 Å². The molecule has 0 spiro atoms. The van der Waals surface area contributed by atoms with Crippen LogP contribution in [-0.4, -0.2) is 17.9 Å². The van der Waals surface area contributed by atoms with Gasteiger partial charge in [-0.25, -0.2) is 0 Å². The highest BCUT2D eigenvalue weighted by Crippen LogP contribution is 2.21. The van der Waals surface area contributed by atoms with Crippen LogP contribution in [0.25, 0.3) is 6.08 Å². The fourth-order valence-corrected chi connectivity index (χ4v) is 1.72. The molecule has 2 rings (SSSR count). The van der Waals surface area contributed by atoms with Gasteiger partial charge in [0.15, 0.2) is 0 Å². The predicted molar refractivity (Wildman–Crippen MR) is 75.3 cm³/mol. The van der Waals surface area contributed by atoms with Crippen LogP contribution >= 0.6 is 0 Å². The second-order valence-electron chi connectivity index (χ2n) is 4.16. The van der Waals surface area contributed by atoms with Crippen LogP contribution in [0.15, 0.2) is 48.7 Å². The van der Waals surface area contributed by atoms with Crippen molar-refractivity contribution in [1.82, 2.24) is 4.98 Å². The Labute approximate surface area is 112 Å². The minimum Gasteiger partial charge on any atom is -0.496 e. The number of allylic oxidation sites excluding steroid dienone is 1. The monoisotopic (exact) mass is 253 g/mol. The van der Waals surface area contributed by atoms with E-state index in [4.69, 9.17) is 4.74 Å². The Morgan fingerprint density at radius 3 is 2.79 bits per heavy atom. The van der Waals surface area contributed by atoms with Crippen molar-refractivity contribution in [3.8, 4) is 5.75 Å². The number of aryl methyl sites for hydroxylation is 1. The number of aromatic nitrogens is 1. The van der Waals surface area contributed by atoms with Gasteiger partial charge in [0.1, 0.15) is 11.4 Å². The summed E-state index contributed by atoms with van der Waals surface area (Å²) in [5.41, 5.74) is 2.42. The number of ketones is 1. The number of nitrogens with zero attached hydrogens (tertiary/aromatic N) is 1. The summed E-state index contributed by atoms with van der Waals surface area (Å²) < 4.78 is 5.29. The summed E-state index contributed by atoms with van der Waals surface area (Å²) in [5, 5.41) is 0. The molecule has 3 heteroatoms. The quantitative estimate of drug-likeness (QED) is 0.620. The molecule has 0 saturated heterocycles. The van der Waals surface area contributed by atoms with Crippen molar-refractivity contribution >= 4 is 11.9 Å². The second kappa shape index (κ2) is 5.96. The number of carbonyl (C=O) groups is 1. The third kappa shape index (κ3) is 3.28. The maximum Gasteiger partial charge on any atom is 0.204 e. The molecule has 2 aromatic rings. The zero-order valence-corrected chi connectivity index (χ0v) is 11.0. The Morgan fingerprint density at radius 2 is 2.11 bits per heavy atom. The highest BCUT2D eigenvalue weighted by Gasteiger charge is 2.03. The van der Waals surface area contributed by atoms with Crippen molar-refractivity contribution < 1.29 is 9.53 Å². The SMILES string of the molecule is COc1cc(C)ccc1C=CC(=O)c1ccccn1. The van der Waals surface area contributed by atoms with Crippen LogP contribution in [-0.2, 0) is 0 Å². The Kier molecular flexibility index (Phi) is 4.08. The van der Waals surface area contributed by atoms with Crippen LogP contribution in [0.3, 0.4) is 0 Å². The van der Waals surface area contributed by atoms with Gasteiger partial charge >= 0.3 is 0 Å². The lowest BCUT2D eigenvalue weighted by Gasteiger charge is -2.05. The molecule has 0 aliphatic carbocycles. The number of carbonyl (C=O) groups excluding carboxylic acids is 1. The number of hydrogen-bond acceptors (Lipinski definition) is 3. The van der Waals surface area contributed by atoms with Gasteiger partial charge < -0.3 is 4.74 Å². The fourth-order valence-electron chi connectivity index (χ4n) is 1.72. The van der Waals surface area contributed by atoms with E-state index in [1.54, 1.807) is 37.6 Å². The van der Waals surface area contributed by atoms with E-state index in [0.717, 1.165) is 16.9 Å². The number of methoxy groups -OCH3 is 1. The zero-order chi connectivity index (χ0) is 13.7. The first-order valence-corrected chi connectivity index (χ1v) is 5.99. The van der Waals surface area contributed by atoms with Crippen LogP contribution in [0, 0.1) is 6.92 Å². The van der Waals surface area contributed by atoms with E-state index in [0.29, 0.717) is 5.69 Å². The maximum absolute atomic E-state index is 11.9. The van der Waals surface area contributed by atoms with Gasteiger partial charge in [0, 0.05) is 11.8 Å². The van der Waals surface area contributed by atoms with E-state index in [9.17, 15) is 4.79 Å². The number of ether oxygens (including phenoxy) is 1. The van der Waals surface area contributed by atoms with Crippen LogP contribution in [0.4, 0.5) is 0 Å². The molecule has 0 amide bonds. The number of hydrogen-bond donors (Lipinski definition) is 0. The minimum absolute atomic E-state index is 0.122. The molecule has 0 aliphatic rings. The molecule has 3 nitrogen and oxygen atoms in total. The van der Waals surface area contributed by atoms with Crippen molar-refractivity contribution in [1.29, 1.82) is 0 Å². The summed E-state index contributed by atoms with van der Waals surface area (Å²) in [5.74, 6) is 0.633. The van der Waals surface area contributed by atoms with Crippen molar-refractivity contribution in [2.45, 2.75) is 6.92 Å². The van der Waals surface area contributed by atoms with Gasteiger partial charge in [0.2, 0.25) is 5.78 Å². The van der Waals surface area contributed by atoms with Gasteiger partial charge in [0.05, 0.1) is 7.11 Å². The van der Waals surface area contributed by atoms with Crippen LogP contribution in [0.1, 0.15) is 21.6 Å². The minimum atomic E-state index is -0.122. The van der Waals surface area contributed by atoms with E-state index >= 15 is 0 Å². The molecule has 1 aromatic heterocycles. The molecule has 0 bridgehead atoms. The summed E-state index contributed by atoms with van der Waals surface area (Å²) >= 11 is 0. The molecule has 0 atom stereocenters. The number of pyridine rings is 1. The Balaban J connectivity index is 2.21. The largest absolute Gasteiger partial charge is 0.496 e. The standard InChI is InChI=1S/C16H15NO2/c1-12-6-7-13(16(11-12)19-2)8-9-15(18)14-5-3-4-10-17-14/h3-11H,1-2H3. The topological polar surface area (TPSA) is 39.2 Å². The van der Waals surface area contributed by atoms with Gasteiger partial charge in [0.25, 0.3) is 0 Å². The first-order valence-electron chi connectivity index (χ1n) is 5.99. The smallest absolute Gasteiger partial charge is 0.204 e. The third-order valence-corrected chi connectivity index (χ3v) is 2.72. The average Bonchev–Trinajstić information content (AvgIpc) is 2.46. The summed E-state index contributed by atoms with van der Waals surface area (Å²) in [6.07, 6.45) is 4.86. The second-order valence-corrected chi connectivity index (χ2v) is 4.16. The van der Waals surface area contributed by atoms with E-state index in [1.807, 2.05) is 25.1 Å². The van der Waals surface area contributed by atoms with E-state index in [2.05, 4.69) is 4.98 Å². The molecule has 0 aliphatic heterocycles. The van der Waals surface area contributed by atoms with Crippen molar-refractivity contribution in [2.24, 2.45) is 0 Å². The Morgan fingerprint density at radius 1 is 1.26 bits per heavy atom. The first-order chi connectivity index (χ1) is 9.20. The zero-order valence-electron chi connectivity index (χ0n) is 11.0. The van der Waals surface area contributed by atoms with E-state index in [-0.39, 0.29) is 5.78 Å². The molecular weight excluding hydrogens is 238 g/mol. The van der Waals surface area contributed by atoms with Gasteiger partial charge in [-0.15, -0.1) is 0 Å². The van der Waals surface area contributed by atoms with E-state index < -0.39 is 0 Å². The summed E-state index contributed by atoms with van der Waals surface area (Å²) in [6, 6.07) is 11.1. The summed E-state index contributed by atoms with van der Waals surface area (Å²) in [7, 11) is 1.62. The van der Waals surface area contributed by atoms with E-state index in [1.165, 1.54) is 6.08 Å². The highest BCUT2D eigenvalue weighted by atomic mass is 16.5. The van der Waals surface area contributed by atoms with Gasteiger partial charge in [-0.05, 0) is 42.8 Å². The lowest BCUT2D eigenvalue weighted by Crippen LogP contribution is -1.97. The molecule has 0 radical (unpaired) electrons. The first kappa shape index (κ1) is 13.0. The summed E-state index contributed by atoms with van der Waals surface area (Å²) in [4.78, 5) is 15.9. The van der Waals surface area contributed by atoms with Crippen molar-refractivity contribution in [2.75, 3.05) is 7.11 Å². The molecule has 0 N–H and O–H groups in total. The molecular formula is C16H15NO2. The molecule has 1 heterocycles. The molecule has 0 saturated carbocycles. The van der Waals surface area contributed by atoms with Crippen LogP contribution in [0.2, 0.25) is 0 Å². The average molecular weight is 253 g/mol. The number of benzene rings is 1. The van der Waals surface area contributed by atoms with Gasteiger partial charge in [-0.2, -0.15) is 0 Å². The fraction of sp³-hybridized carbons (Fsp3) is 0.125. The van der Waals surface area contributed by atoms with Gasteiger partial charge in [-0.1, -0.05) is 18.2 Å². The molecule has 0 unspecified atom stereocenters. The lowest BCUT2D eigenvalue weighted by atomic mass is 10.1. The third-order valence-electron chi connectivity index (χ3n) is 2.72. The normalized spacial score (nSPS) is 10.6. The predicted octanol–water partition coefficient (Wildman–Crippen LogP) is 3.29.